The molecule has 6 heteroatoms. The second-order valence-corrected chi connectivity index (χ2v) is 3.86. The lowest BCUT2D eigenvalue weighted by molar-refractivity contribution is 0.0781. The topological polar surface area (TPSA) is 49.0 Å². The number of hydrogen-bond acceptors (Lipinski definition) is 2. The summed E-state index contributed by atoms with van der Waals surface area (Å²) < 4.78 is 26.0. The van der Waals surface area contributed by atoms with Crippen LogP contribution in [0.4, 0.5) is 8.78 Å². The number of rotatable bonds is 3. The Morgan fingerprint density at radius 3 is 2.56 bits per heavy atom. The monoisotopic (exact) mass is 251 g/mol. The summed E-state index contributed by atoms with van der Waals surface area (Å²) >= 11 is 0. The highest BCUT2D eigenvalue weighted by atomic mass is 19.1. The van der Waals surface area contributed by atoms with Crippen LogP contribution < -0.4 is 0 Å². The third-order valence-electron chi connectivity index (χ3n) is 2.40. The van der Waals surface area contributed by atoms with E-state index in [1.54, 1.807) is 12.4 Å². The number of aromatic nitrogens is 2. The van der Waals surface area contributed by atoms with Gasteiger partial charge >= 0.3 is 0 Å². The third-order valence-corrected chi connectivity index (χ3v) is 2.40. The highest BCUT2D eigenvalue weighted by Gasteiger charge is 2.14. The first kappa shape index (κ1) is 12.2. The summed E-state index contributed by atoms with van der Waals surface area (Å²) in [6.07, 6.45) is 3.20. The number of hydrogen-bond donors (Lipinski definition) is 1. The van der Waals surface area contributed by atoms with E-state index in [0.717, 1.165) is 18.2 Å². The van der Waals surface area contributed by atoms with Crippen LogP contribution in [0.25, 0.3) is 0 Å². The Morgan fingerprint density at radius 2 is 2.00 bits per heavy atom. The Bertz CT molecular complexity index is 534. The van der Waals surface area contributed by atoms with E-state index in [2.05, 4.69) is 9.97 Å². The van der Waals surface area contributed by atoms with Crippen LogP contribution in [0.1, 0.15) is 16.2 Å². The van der Waals surface area contributed by atoms with Crippen molar-refractivity contribution in [3.8, 4) is 0 Å². The molecule has 1 aromatic heterocycles. The third kappa shape index (κ3) is 2.71. The number of nitrogens with zero attached hydrogens (tertiary/aromatic N) is 2. The van der Waals surface area contributed by atoms with Gasteiger partial charge in [-0.3, -0.25) is 4.79 Å². The fraction of sp³-hybridized carbons (Fsp3) is 0.167. The number of aromatic amines is 1. The molecule has 94 valence electrons. The Balaban J connectivity index is 2.15. The summed E-state index contributed by atoms with van der Waals surface area (Å²) in [6.45, 7) is 0.240. The zero-order chi connectivity index (χ0) is 13.1. The van der Waals surface area contributed by atoms with Crippen LogP contribution in [-0.2, 0) is 6.54 Å². The summed E-state index contributed by atoms with van der Waals surface area (Å²) in [5, 5.41) is 0. The van der Waals surface area contributed by atoms with Crippen LogP contribution >= 0.6 is 0 Å². The van der Waals surface area contributed by atoms with E-state index >= 15 is 0 Å². The average molecular weight is 251 g/mol. The molecule has 1 heterocycles. The van der Waals surface area contributed by atoms with E-state index < -0.39 is 17.5 Å². The standard InChI is InChI=1S/C12H11F2N3O/c1-17(7-11-15-2-3-16-11)12(18)8-4-9(13)6-10(14)5-8/h2-6H,7H2,1H3,(H,15,16). The molecule has 0 fully saturated rings. The minimum absolute atomic E-state index is 0.0263. The molecule has 2 aromatic rings. The molecule has 4 nitrogen and oxygen atoms in total. The van der Waals surface area contributed by atoms with Crippen LogP contribution in [0.3, 0.4) is 0 Å². The number of nitrogens with one attached hydrogen (secondary N) is 1. The highest BCUT2D eigenvalue weighted by molar-refractivity contribution is 5.94. The molecule has 0 radical (unpaired) electrons. The van der Waals surface area contributed by atoms with E-state index in [0.29, 0.717) is 5.82 Å². The lowest BCUT2D eigenvalue weighted by atomic mass is 10.2. The van der Waals surface area contributed by atoms with Crippen molar-refractivity contribution in [3.63, 3.8) is 0 Å². The van der Waals surface area contributed by atoms with Crippen molar-refractivity contribution < 1.29 is 13.6 Å². The summed E-state index contributed by atoms with van der Waals surface area (Å²) in [7, 11) is 1.54. The fourth-order valence-electron chi connectivity index (χ4n) is 1.58. The van der Waals surface area contributed by atoms with Crippen molar-refractivity contribution in [2.75, 3.05) is 7.05 Å². The van der Waals surface area contributed by atoms with Crippen LogP contribution in [0.15, 0.2) is 30.6 Å². The maximum atomic E-state index is 13.0. The normalized spacial score (nSPS) is 10.4. The lowest BCUT2D eigenvalue weighted by Crippen LogP contribution is -2.26. The smallest absolute Gasteiger partial charge is 0.254 e. The average Bonchev–Trinajstić information content (AvgIpc) is 2.79. The molecule has 0 aliphatic rings. The van der Waals surface area contributed by atoms with Crippen LogP contribution in [0.2, 0.25) is 0 Å². The molecule has 0 spiro atoms. The van der Waals surface area contributed by atoms with E-state index in [1.165, 1.54) is 11.9 Å². The minimum atomic E-state index is -0.773. The van der Waals surface area contributed by atoms with E-state index in [4.69, 9.17) is 0 Å². The van der Waals surface area contributed by atoms with Crippen LogP contribution in [0.5, 0.6) is 0 Å². The quantitative estimate of drug-likeness (QED) is 0.906. The van der Waals surface area contributed by atoms with Crippen molar-refractivity contribution in [1.82, 2.24) is 14.9 Å². The molecule has 0 saturated heterocycles. The number of carbonyl (C=O) groups excluding carboxylic acids is 1. The molecule has 1 amide bonds. The van der Waals surface area contributed by atoms with Crippen molar-refractivity contribution in [2.45, 2.75) is 6.54 Å². The Hall–Kier alpha value is -2.24. The van der Waals surface area contributed by atoms with Gasteiger partial charge in [0.1, 0.15) is 17.5 Å². The number of imidazole rings is 1. The van der Waals surface area contributed by atoms with E-state index in [-0.39, 0.29) is 12.1 Å². The number of benzene rings is 1. The van der Waals surface area contributed by atoms with Gasteiger partial charge in [-0.05, 0) is 12.1 Å². The van der Waals surface area contributed by atoms with Gasteiger partial charge in [-0.25, -0.2) is 13.8 Å². The fourth-order valence-corrected chi connectivity index (χ4v) is 1.58. The van der Waals surface area contributed by atoms with Gasteiger partial charge in [0.25, 0.3) is 5.91 Å². The first-order valence-electron chi connectivity index (χ1n) is 5.26. The largest absolute Gasteiger partial charge is 0.347 e. The molecule has 0 bridgehead atoms. The minimum Gasteiger partial charge on any atom is -0.347 e. The summed E-state index contributed by atoms with van der Waals surface area (Å²) in [5.41, 5.74) is -0.0263. The molecule has 0 aliphatic heterocycles. The van der Waals surface area contributed by atoms with Gasteiger partial charge in [0, 0.05) is 31.1 Å². The second kappa shape index (κ2) is 4.95. The first-order chi connectivity index (χ1) is 8.56. The van der Waals surface area contributed by atoms with Gasteiger partial charge in [0.05, 0.1) is 6.54 Å². The van der Waals surface area contributed by atoms with Gasteiger partial charge in [-0.15, -0.1) is 0 Å². The Labute approximate surface area is 102 Å². The Morgan fingerprint density at radius 1 is 1.33 bits per heavy atom. The number of H-pyrrole nitrogens is 1. The summed E-state index contributed by atoms with van der Waals surface area (Å²) in [5.74, 6) is -1.41. The van der Waals surface area contributed by atoms with Crippen molar-refractivity contribution in [1.29, 1.82) is 0 Å². The van der Waals surface area contributed by atoms with Crippen molar-refractivity contribution >= 4 is 5.91 Å². The summed E-state index contributed by atoms with van der Waals surface area (Å²) in [6, 6.07) is 2.73. The molecule has 0 unspecified atom stereocenters. The van der Waals surface area contributed by atoms with Crippen LogP contribution in [0, 0.1) is 11.6 Å². The molecular weight excluding hydrogens is 240 g/mol. The van der Waals surface area contributed by atoms with Gasteiger partial charge < -0.3 is 9.88 Å². The molecule has 18 heavy (non-hydrogen) atoms. The molecule has 1 aromatic carbocycles. The number of halogens is 2. The molecular formula is C12H11F2N3O. The maximum Gasteiger partial charge on any atom is 0.254 e. The number of amides is 1. The maximum absolute atomic E-state index is 13.0. The molecule has 0 atom stereocenters. The van der Waals surface area contributed by atoms with Crippen molar-refractivity contribution in [2.24, 2.45) is 0 Å². The predicted molar refractivity (Wildman–Crippen MR) is 60.7 cm³/mol. The number of carbonyl (C=O) groups is 1. The van der Waals surface area contributed by atoms with Gasteiger partial charge in [0.15, 0.2) is 0 Å². The van der Waals surface area contributed by atoms with Gasteiger partial charge in [-0.2, -0.15) is 0 Å². The van der Waals surface area contributed by atoms with E-state index in [1.807, 2.05) is 0 Å². The second-order valence-electron chi connectivity index (χ2n) is 3.86. The first-order valence-corrected chi connectivity index (χ1v) is 5.26. The highest BCUT2D eigenvalue weighted by Crippen LogP contribution is 2.11. The van der Waals surface area contributed by atoms with Gasteiger partial charge in [0.2, 0.25) is 0 Å². The van der Waals surface area contributed by atoms with Crippen molar-refractivity contribution in [3.05, 3.63) is 53.6 Å². The molecule has 0 saturated carbocycles. The van der Waals surface area contributed by atoms with Gasteiger partial charge in [-0.1, -0.05) is 0 Å². The molecule has 0 aliphatic carbocycles. The molecule has 2 rings (SSSR count). The Kier molecular flexibility index (Phi) is 3.36. The molecule has 1 N–H and O–H groups in total. The lowest BCUT2D eigenvalue weighted by Gasteiger charge is -2.15. The zero-order valence-electron chi connectivity index (χ0n) is 9.65. The van der Waals surface area contributed by atoms with Crippen LogP contribution in [-0.4, -0.2) is 27.8 Å². The zero-order valence-corrected chi connectivity index (χ0v) is 9.65. The summed E-state index contributed by atoms with van der Waals surface area (Å²) in [4.78, 5) is 20.1. The SMILES string of the molecule is CN(Cc1ncc[nH]1)C(=O)c1cc(F)cc(F)c1. The van der Waals surface area contributed by atoms with E-state index in [9.17, 15) is 13.6 Å². The predicted octanol–water partition coefficient (Wildman–Crippen LogP) is 1.96.